The van der Waals surface area contributed by atoms with E-state index in [4.69, 9.17) is 11.6 Å². The molecule has 98 valence electrons. The van der Waals surface area contributed by atoms with Gasteiger partial charge in [-0.1, -0.05) is 35.9 Å². The predicted octanol–water partition coefficient (Wildman–Crippen LogP) is 3.92. The molecule has 0 N–H and O–H groups in total. The maximum absolute atomic E-state index is 12.7. The van der Waals surface area contributed by atoms with Gasteiger partial charge in [0.2, 0.25) is 0 Å². The third-order valence-electron chi connectivity index (χ3n) is 3.81. The first kappa shape index (κ1) is 11.7. The molecule has 0 saturated heterocycles. The van der Waals surface area contributed by atoms with Gasteiger partial charge >= 0.3 is 0 Å². The van der Waals surface area contributed by atoms with E-state index in [1.54, 1.807) is 6.07 Å². The van der Waals surface area contributed by atoms with E-state index in [0.717, 1.165) is 28.7 Å². The van der Waals surface area contributed by atoms with E-state index < -0.39 is 0 Å². The molecule has 1 aliphatic carbocycles. The zero-order valence-corrected chi connectivity index (χ0v) is 11.6. The summed E-state index contributed by atoms with van der Waals surface area (Å²) in [5.74, 6) is -0.0145. The maximum atomic E-state index is 12.7. The normalized spacial score (nSPS) is 12.8. The van der Waals surface area contributed by atoms with Crippen molar-refractivity contribution >= 4 is 28.3 Å². The fraction of sp³-hybridized carbons (Fsp3) is 0.125. The molecule has 1 aromatic heterocycles. The highest BCUT2D eigenvalue weighted by molar-refractivity contribution is 6.39. The summed E-state index contributed by atoms with van der Waals surface area (Å²) in [5.41, 5.74) is 4.04. The Labute approximate surface area is 120 Å². The lowest BCUT2D eigenvalue weighted by molar-refractivity contribution is 0.104. The van der Waals surface area contributed by atoms with Gasteiger partial charge < -0.3 is 0 Å². The Morgan fingerprint density at radius 3 is 2.65 bits per heavy atom. The highest BCUT2D eigenvalue weighted by Crippen LogP contribution is 2.41. The van der Waals surface area contributed by atoms with Crippen LogP contribution in [0.5, 0.6) is 0 Å². The van der Waals surface area contributed by atoms with Gasteiger partial charge in [0, 0.05) is 23.1 Å². The van der Waals surface area contributed by atoms with Gasteiger partial charge in [-0.2, -0.15) is 5.10 Å². The van der Waals surface area contributed by atoms with E-state index in [0.29, 0.717) is 16.1 Å². The summed E-state index contributed by atoms with van der Waals surface area (Å²) in [6.45, 7) is 2.80. The first-order valence-electron chi connectivity index (χ1n) is 6.55. The van der Waals surface area contributed by atoms with Gasteiger partial charge in [0.1, 0.15) is 0 Å². The molecule has 0 bridgehead atoms. The molecule has 0 unspecified atom stereocenters. The van der Waals surface area contributed by atoms with Gasteiger partial charge in [0.25, 0.3) is 0 Å². The molecule has 2 aromatic carbocycles. The van der Waals surface area contributed by atoms with E-state index in [-0.39, 0.29) is 5.78 Å². The molecular formula is C16H11ClN2O. The molecule has 4 heteroatoms. The standard InChI is InChI=1S/C16H11ClN2O/c1-2-19-15-9-5-3-4-6-10(9)16(20)13-11(17)7-8-12(18-19)14(13)15/h3-8H,2H2,1H3. The number of benzene rings is 2. The highest BCUT2D eigenvalue weighted by Gasteiger charge is 2.30. The first-order chi connectivity index (χ1) is 9.72. The zero-order valence-electron chi connectivity index (χ0n) is 10.9. The van der Waals surface area contributed by atoms with Crippen LogP contribution in [0.15, 0.2) is 36.4 Å². The Morgan fingerprint density at radius 1 is 1.15 bits per heavy atom. The smallest absolute Gasteiger partial charge is 0.195 e. The Kier molecular flexibility index (Phi) is 2.30. The van der Waals surface area contributed by atoms with Crippen LogP contribution >= 0.6 is 11.6 Å². The van der Waals surface area contributed by atoms with Crippen LogP contribution in [-0.4, -0.2) is 15.6 Å². The average Bonchev–Trinajstić information content (AvgIpc) is 2.85. The molecule has 3 nitrogen and oxygen atoms in total. The minimum Gasteiger partial charge on any atom is -0.289 e. The number of ketones is 1. The maximum Gasteiger partial charge on any atom is 0.195 e. The number of rotatable bonds is 1. The number of carbonyl (C=O) groups excluding carboxylic acids is 1. The van der Waals surface area contributed by atoms with Gasteiger partial charge in [0.15, 0.2) is 5.78 Å². The van der Waals surface area contributed by atoms with Gasteiger partial charge in [-0.25, -0.2) is 0 Å². The highest BCUT2D eigenvalue weighted by atomic mass is 35.5. The van der Waals surface area contributed by atoms with E-state index in [2.05, 4.69) is 5.10 Å². The summed E-state index contributed by atoms with van der Waals surface area (Å²) in [5, 5.41) is 5.96. The lowest BCUT2D eigenvalue weighted by Gasteiger charge is -2.17. The molecule has 0 amide bonds. The third kappa shape index (κ3) is 1.30. The van der Waals surface area contributed by atoms with Crippen LogP contribution < -0.4 is 0 Å². The molecule has 1 heterocycles. The average molecular weight is 283 g/mol. The molecule has 1 aliphatic rings. The molecule has 3 aromatic rings. The van der Waals surface area contributed by atoms with Crippen molar-refractivity contribution in [2.24, 2.45) is 0 Å². The van der Waals surface area contributed by atoms with Crippen LogP contribution in [0.25, 0.3) is 22.2 Å². The SMILES string of the molecule is CCn1nc2ccc(Cl)c3c2c1-c1ccccc1C3=O. The summed E-state index contributed by atoms with van der Waals surface area (Å²) < 4.78 is 1.94. The Balaban J connectivity index is 2.28. The second-order valence-corrected chi connectivity index (χ2v) is 5.26. The number of fused-ring (bicyclic) bond motifs is 2. The first-order valence-corrected chi connectivity index (χ1v) is 6.93. The molecule has 0 fully saturated rings. The molecule has 0 radical (unpaired) electrons. The Bertz CT molecular complexity index is 880. The molecule has 0 spiro atoms. The minimum atomic E-state index is -0.0145. The molecule has 0 aliphatic heterocycles. The number of halogens is 1. The second kappa shape index (κ2) is 3.93. The van der Waals surface area contributed by atoms with E-state index >= 15 is 0 Å². The van der Waals surface area contributed by atoms with E-state index in [1.807, 2.05) is 41.9 Å². The fourth-order valence-electron chi connectivity index (χ4n) is 2.95. The quantitative estimate of drug-likeness (QED) is 0.530. The molecular weight excluding hydrogens is 272 g/mol. The molecule has 0 saturated carbocycles. The summed E-state index contributed by atoms with van der Waals surface area (Å²) in [6, 6.07) is 11.3. The minimum absolute atomic E-state index is 0.0145. The summed E-state index contributed by atoms with van der Waals surface area (Å²) >= 11 is 6.27. The summed E-state index contributed by atoms with van der Waals surface area (Å²) in [7, 11) is 0. The van der Waals surface area contributed by atoms with Crippen LogP contribution in [-0.2, 0) is 6.54 Å². The third-order valence-corrected chi connectivity index (χ3v) is 4.12. The van der Waals surface area contributed by atoms with Crippen molar-refractivity contribution in [3.63, 3.8) is 0 Å². The van der Waals surface area contributed by atoms with Crippen LogP contribution in [0.3, 0.4) is 0 Å². The predicted molar refractivity (Wildman–Crippen MR) is 79.3 cm³/mol. The van der Waals surface area contributed by atoms with Crippen molar-refractivity contribution < 1.29 is 4.79 Å². The molecule has 0 atom stereocenters. The lowest BCUT2D eigenvalue weighted by Crippen LogP contribution is -2.11. The lowest BCUT2D eigenvalue weighted by atomic mass is 9.87. The number of aryl methyl sites for hydroxylation is 1. The molecule has 20 heavy (non-hydrogen) atoms. The number of aromatic nitrogens is 2. The number of hydrogen-bond donors (Lipinski definition) is 0. The number of hydrogen-bond acceptors (Lipinski definition) is 2. The van der Waals surface area contributed by atoms with Crippen molar-refractivity contribution in [2.75, 3.05) is 0 Å². The second-order valence-electron chi connectivity index (χ2n) is 4.86. The van der Waals surface area contributed by atoms with Gasteiger partial charge in [-0.05, 0) is 19.1 Å². The largest absolute Gasteiger partial charge is 0.289 e. The van der Waals surface area contributed by atoms with Gasteiger partial charge in [0.05, 0.1) is 21.8 Å². The van der Waals surface area contributed by atoms with Gasteiger partial charge in [-0.15, -0.1) is 0 Å². The summed E-state index contributed by atoms with van der Waals surface area (Å²) in [6.07, 6.45) is 0. The summed E-state index contributed by atoms with van der Waals surface area (Å²) in [4.78, 5) is 12.7. The van der Waals surface area contributed by atoms with Crippen molar-refractivity contribution in [1.82, 2.24) is 9.78 Å². The van der Waals surface area contributed by atoms with Crippen LogP contribution in [0.4, 0.5) is 0 Å². The van der Waals surface area contributed by atoms with E-state index in [1.165, 1.54) is 0 Å². The van der Waals surface area contributed by atoms with Crippen LogP contribution in [0.2, 0.25) is 5.02 Å². The van der Waals surface area contributed by atoms with E-state index in [9.17, 15) is 4.79 Å². The fourth-order valence-corrected chi connectivity index (χ4v) is 3.19. The number of carbonyl (C=O) groups is 1. The molecule has 4 rings (SSSR count). The Hall–Kier alpha value is -2.13. The zero-order chi connectivity index (χ0) is 13.9. The van der Waals surface area contributed by atoms with Crippen molar-refractivity contribution in [2.45, 2.75) is 13.5 Å². The Morgan fingerprint density at radius 2 is 1.90 bits per heavy atom. The van der Waals surface area contributed by atoms with Crippen LogP contribution in [0.1, 0.15) is 22.8 Å². The van der Waals surface area contributed by atoms with Crippen molar-refractivity contribution in [3.05, 3.63) is 52.5 Å². The number of nitrogens with zero attached hydrogens (tertiary/aromatic N) is 2. The monoisotopic (exact) mass is 282 g/mol. The van der Waals surface area contributed by atoms with Crippen molar-refractivity contribution in [3.8, 4) is 11.3 Å². The van der Waals surface area contributed by atoms with Crippen LogP contribution in [0, 0.1) is 0 Å². The van der Waals surface area contributed by atoms with Crippen molar-refractivity contribution in [1.29, 1.82) is 0 Å². The topological polar surface area (TPSA) is 34.9 Å². The van der Waals surface area contributed by atoms with Gasteiger partial charge in [-0.3, -0.25) is 9.48 Å².